The lowest BCUT2D eigenvalue weighted by Crippen LogP contribution is -2.25. The summed E-state index contributed by atoms with van der Waals surface area (Å²) in [6.07, 6.45) is 1.58. The molecular formula is C13H16N4O2. The number of nitrogens with two attached hydrogens (primary N) is 1. The zero-order valence-corrected chi connectivity index (χ0v) is 10.9. The average molecular weight is 260 g/mol. The SMILES string of the molecule is COc1ccc(N)cc1CNC(=O)c1ccnn1C. The van der Waals surface area contributed by atoms with E-state index in [4.69, 9.17) is 10.5 Å². The van der Waals surface area contributed by atoms with Crippen LogP contribution in [0.1, 0.15) is 16.1 Å². The average Bonchev–Trinajstić information content (AvgIpc) is 2.82. The number of ether oxygens (including phenoxy) is 1. The van der Waals surface area contributed by atoms with Gasteiger partial charge in [-0.3, -0.25) is 9.48 Å². The highest BCUT2D eigenvalue weighted by molar-refractivity contribution is 5.92. The van der Waals surface area contributed by atoms with Gasteiger partial charge in [0.05, 0.1) is 7.11 Å². The molecule has 0 saturated heterocycles. The molecule has 0 aliphatic carbocycles. The normalized spacial score (nSPS) is 10.2. The van der Waals surface area contributed by atoms with Crippen molar-refractivity contribution in [2.24, 2.45) is 7.05 Å². The Balaban J connectivity index is 2.09. The van der Waals surface area contributed by atoms with Gasteiger partial charge in [0.25, 0.3) is 5.91 Å². The van der Waals surface area contributed by atoms with Crippen molar-refractivity contribution in [2.75, 3.05) is 12.8 Å². The van der Waals surface area contributed by atoms with E-state index >= 15 is 0 Å². The molecule has 0 unspecified atom stereocenters. The summed E-state index contributed by atoms with van der Waals surface area (Å²) in [5.74, 6) is 0.504. The summed E-state index contributed by atoms with van der Waals surface area (Å²) in [5, 5.41) is 6.76. The van der Waals surface area contributed by atoms with Gasteiger partial charge >= 0.3 is 0 Å². The van der Waals surface area contributed by atoms with Crippen LogP contribution in [-0.2, 0) is 13.6 Å². The van der Waals surface area contributed by atoms with Gasteiger partial charge in [-0.25, -0.2) is 0 Å². The first kappa shape index (κ1) is 12.9. The Bertz CT molecular complexity index is 592. The Morgan fingerprint density at radius 2 is 2.26 bits per heavy atom. The second-order valence-corrected chi connectivity index (χ2v) is 4.09. The number of aromatic nitrogens is 2. The molecule has 0 aliphatic rings. The summed E-state index contributed by atoms with van der Waals surface area (Å²) >= 11 is 0. The van der Waals surface area contributed by atoms with Crippen LogP contribution in [0.5, 0.6) is 5.75 Å². The smallest absolute Gasteiger partial charge is 0.269 e. The van der Waals surface area contributed by atoms with Crippen molar-refractivity contribution >= 4 is 11.6 Å². The van der Waals surface area contributed by atoms with E-state index in [0.717, 1.165) is 5.56 Å². The molecule has 0 saturated carbocycles. The van der Waals surface area contributed by atoms with E-state index in [-0.39, 0.29) is 5.91 Å². The number of anilines is 1. The van der Waals surface area contributed by atoms with Crippen LogP contribution in [0, 0.1) is 0 Å². The number of amides is 1. The van der Waals surface area contributed by atoms with E-state index in [0.29, 0.717) is 23.7 Å². The molecule has 0 radical (unpaired) electrons. The van der Waals surface area contributed by atoms with Crippen LogP contribution in [0.15, 0.2) is 30.5 Å². The van der Waals surface area contributed by atoms with Crippen LogP contribution >= 0.6 is 0 Å². The van der Waals surface area contributed by atoms with Crippen LogP contribution in [-0.4, -0.2) is 22.8 Å². The molecule has 1 aromatic heterocycles. The number of aryl methyl sites for hydroxylation is 1. The second-order valence-electron chi connectivity index (χ2n) is 4.09. The van der Waals surface area contributed by atoms with Crippen molar-refractivity contribution in [3.8, 4) is 5.75 Å². The minimum Gasteiger partial charge on any atom is -0.496 e. The second kappa shape index (κ2) is 5.43. The number of carbonyl (C=O) groups is 1. The third-order valence-corrected chi connectivity index (χ3v) is 2.80. The highest BCUT2D eigenvalue weighted by Gasteiger charge is 2.10. The summed E-state index contributed by atoms with van der Waals surface area (Å²) in [6, 6.07) is 6.97. The van der Waals surface area contributed by atoms with Crippen LogP contribution in [0.4, 0.5) is 5.69 Å². The number of rotatable bonds is 4. The van der Waals surface area contributed by atoms with Crippen LogP contribution in [0.2, 0.25) is 0 Å². The quantitative estimate of drug-likeness (QED) is 0.801. The summed E-state index contributed by atoms with van der Waals surface area (Å²) in [5.41, 5.74) is 7.69. The van der Waals surface area contributed by atoms with Crippen molar-refractivity contribution < 1.29 is 9.53 Å². The topological polar surface area (TPSA) is 82.2 Å². The molecule has 3 N–H and O–H groups in total. The third kappa shape index (κ3) is 2.85. The molecule has 6 nitrogen and oxygen atoms in total. The number of methoxy groups -OCH3 is 1. The van der Waals surface area contributed by atoms with Crippen molar-refractivity contribution in [1.82, 2.24) is 15.1 Å². The molecule has 100 valence electrons. The zero-order valence-electron chi connectivity index (χ0n) is 10.9. The predicted octanol–water partition coefficient (Wildman–Crippen LogP) is 0.941. The van der Waals surface area contributed by atoms with E-state index < -0.39 is 0 Å². The maximum Gasteiger partial charge on any atom is 0.269 e. The fourth-order valence-corrected chi connectivity index (χ4v) is 1.80. The van der Waals surface area contributed by atoms with Crippen LogP contribution in [0.25, 0.3) is 0 Å². The largest absolute Gasteiger partial charge is 0.496 e. The van der Waals surface area contributed by atoms with E-state index in [1.54, 1.807) is 44.6 Å². The molecule has 6 heteroatoms. The number of benzene rings is 1. The maximum absolute atomic E-state index is 11.9. The number of carbonyl (C=O) groups excluding carboxylic acids is 1. The molecule has 0 atom stereocenters. The Kier molecular flexibility index (Phi) is 3.70. The molecule has 0 spiro atoms. The monoisotopic (exact) mass is 260 g/mol. The first-order chi connectivity index (χ1) is 9.11. The fourth-order valence-electron chi connectivity index (χ4n) is 1.80. The molecule has 2 aromatic rings. The molecular weight excluding hydrogens is 244 g/mol. The minimum atomic E-state index is -0.190. The molecule has 1 aromatic carbocycles. The van der Waals surface area contributed by atoms with Crippen molar-refractivity contribution in [3.63, 3.8) is 0 Å². The first-order valence-corrected chi connectivity index (χ1v) is 5.80. The molecule has 2 rings (SSSR count). The van der Waals surface area contributed by atoms with Gasteiger partial charge in [-0.15, -0.1) is 0 Å². The standard InChI is InChI=1S/C13H16N4O2/c1-17-11(5-6-16-17)13(18)15-8-9-7-10(14)3-4-12(9)19-2/h3-7H,8,14H2,1-2H3,(H,15,18). The number of nitrogens with one attached hydrogen (secondary N) is 1. The Labute approximate surface area is 111 Å². The third-order valence-electron chi connectivity index (χ3n) is 2.80. The zero-order chi connectivity index (χ0) is 13.8. The van der Waals surface area contributed by atoms with E-state index in [2.05, 4.69) is 10.4 Å². The van der Waals surface area contributed by atoms with Crippen LogP contribution < -0.4 is 15.8 Å². The van der Waals surface area contributed by atoms with Gasteiger partial charge in [0.15, 0.2) is 0 Å². The molecule has 0 fully saturated rings. The van der Waals surface area contributed by atoms with Crippen LogP contribution in [0.3, 0.4) is 0 Å². The lowest BCUT2D eigenvalue weighted by molar-refractivity contribution is 0.0941. The highest BCUT2D eigenvalue weighted by Crippen LogP contribution is 2.20. The maximum atomic E-state index is 11.9. The highest BCUT2D eigenvalue weighted by atomic mass is 16.5. The van der Waals surface area contributed by atoms with Gasteiger partial charge in [0.1, 0.15) is 11.4 Å². The van der Waals surface area contributed by atoms with E-state index in [9.17, 15) is 4.79 Å². The predicted molar refractivity (Wildman–Crippen MR) is 71.8 cm³/mol. The lowest BCUT2D eigenvalue weighted by atomic mass is 10.1. The Morgan fingerprint density at radius 3 is 2.89 bits per heavy atom. The number of hydrogen-bond donors (Lipinski definition) is 2. The van der Waals surface area contributed by atoms with Gasteiger partial charge in [-0.2, -0.15) is 5.10 Å². The summed E-state index contributed by atoms with van der Waals surface area (Å²) < 4.78 is 6.74. The fraction of sp³-hybridized carbons (Fsp3) is 0.231. The Hall–Kier alpha value is -2.50. The number of nitrogen functional groups attached to an aromatic ring is 1. The van der Waals surface area contributed by atoms with Gasteiger partial charge in [-0.05, 0) is 24.3 Å². The van der Waals surface area contributed by atoms with Gasteiger partial charge < -0.3 is 15.8 Å². The molecule has 1 heterocycles. The van der Waals surface area contributed by atoms with Crippen molar-refractivity contribution in [1.29, 1.82) is 0 Å². The molecule has 0 bridgehead atoms. The van der Waals surface area contributed by atoms with Crippen molar-refractivity contribution in [3.05, 3.63) is 41.7 Å². The molecule has 19 heavy (non-hydrogen) atoms. The van der Waals surface area contributed by atoms with Gasteiger partial charge in [-0.1, -0.05) is 0 Å². The summed E-state index contributed by atoms with van der Waals surface area (Å²) in [4.78, 5) is 11.9. The van der Waals surface area contributed by atoms with Crippen molar-refractivity contribution in [2.45, 2.75) is 6.54 Å². The molecule has 0 aliphatic heterocycles. The Morgan fingerprint density at radius 1 is 1.47 bits per heavy atom. The van der Waals surface area contributed by atoms with Gasteiger partial charge in [0, 0.05) is 31.0 Å². The van der Waals surface area contributed by atoms with E-state index in [1.807, 2.05) is 0 Å². The summed E-state index contributed by atoms with van der Waals surface area (Å²) in [6.45, 7) is 0.345. The summed E-state index contributed by atoms with van der Waals surface area (Å²) in [7, 11) is 3.30. The number of nitrogens with zero attached hydrogens (tertiary/aromatic N) is 2. The lowest BCUT2D eigenvalue weighted by Gasteiger charge is -2.10. The molecule has 1 amide bonds. The minimum absolute atomic E-state index is 0.190. The first-order valence-electron chi connectivity index (χ1n) is 5.80. The van der Waals surface area contributed by atoms with E-state index in [1.165, 1.54) is 4.68 Å². The van der Waals surface area contributed by atoms with Gasteiger partial charge in [0.2, 0.25) is 0 Å². The number of hydrogen-bond acceptors (Lipinski definition) is 4.